The van der Waals surface area contributed by atoms with Gasteiger partial charge in [0.25, 0.3) is 0 Å². The third-order valence-corrected chi connectivity index (χ3v) is 11.5. The fraction of sp³-hybridized carbons (Fsp3) is 0.512. The van der Waals surface area contributed by atoms with E-state index in [0.717, 1.165) is 54.4 Å². The predicted molar refractivity (Wildman–Crippen MR) is 194 cm³/mol. The molecule has 7 nitrogen and oxygen atoms in total. The molecule has 0 bridgehead atoms. The number of esters is 2. The molecule has 0 saturated heterocycles. The van der Waals surface area contributed by atoms with Crippen molar-refractivity contribution in [3.63, 3.8) is 0 Å². The van der Waals surface area contributed by atoms with Gasteiger partial charge in [-0.05, 0) is 101 Å². The Kier molecular flexibility index (Phi) is 10.2. The first-order valence-corrected chi connectivity index (χ1v) is 18.5. The fourth-order valence-electron chi connectivity index (χ4n) is 8.88. The van der Waals surface area contributed by atoms with Crippen molar-refractivity contribution in [2.24, 2.45) is 23.2 Å². The Morgan fingerprint density at radius 2 is 1.72 bits per heavy atom. The molecular formula is C43H52O7. The van der Waals surface area contributed by atoms with Gasteiger partial charge in [0, 0.05) is 28.5 Å². The van der Waals surface area contributed by atoms with Crippen LogP contribution in [0.25, 0.3) is 0 Å². The minimum atomic E-state index is -1.72. The smallest absolute Gasteiger partial charge is 0.342 e. The van der Waals surface area contributed by atoms with Crippen molar-refractivity contribution in [2.75, 3.05) is 0 Å². The maximum absolute atomic E-state index is 15.2. The normalized spacial score (nSPS) is 27.7. The van der Waals surface area contributed by atoms with E-state index in [2.05, 4.69) is 13.0 Å². The van der Waals surface area contributed by atoms with Gasteiger partial charge in [-0.3, -0.25) is 9.59 Å². The second-order valence-electron chi connectivity index (χ2n) is 15.4. The number of ether oxygens (including phenoxy) is 2. The van der Waals surface area contributed by atoms with E-state index in [4.69, 9.17) is 9.47 Å². The number of phenols is 1. The summed E-state index contributed by atoms with van der Waals surface area (Å²) in [5.74, 6) is -3.18. The predicted octanol–water partition coefficient (Wildman–Crippen LogP) is 9.16. The molecule has 0 fully saturated rings. The van der Waals surface area contributed by atoms with Gasteiger partial charge < -0.3 is 19.7 Å². The van der Waals surface area contributed by atoms with Crippen molar-refractivity contribution in [2.45, 2.75) is 118 Å². The van der Waals surface area contributed by atoms with Gasteiger partial charge in [-0.1, -0.05) is 81.1 Å². The van der Waals surface area contributed by atoms with E-state index < -0.39 is 47.0 Å². The van der Waals surface area contributed by atoms with Gasteiger partial charge in [0.2, 0.25) is 0 Å². The van der Waals surface area contributed by atoms with E-state index in [1.165, 1.54) is 0 Å². The van der Waals surface area contributed by atoms with Crippen LogP contribution in [0.3, 0.4) is 0 Å². The quantitative estimate of drug-likeness (QED) is 0.0566. The molecule has 3 aliphatic carbocycles. The number of aliphatic hydroxyl groups is 1. The number of rotatable bonds is 12. The van der Waals surface area contributed by atoms with Gasteiger partial charge in [-0.15, -0.1) is 0 Å². The average molecular weight is 681 g/mol. The van der Waals surface area contributed by atoms with Crippen LogP contribution in [0.2, 0.25) is 0 Å². The van der Waals surface area contributed by atoms with E-state index in [1.54, 1.807) is 18.2 Å². The van der Waals surface area contributed by atoms with Crippen molar-refractivity contribution in [1.29, 1.82) is 0 Å². The molecule has 2 unspecified atom stereocenters. The third kappa shape index (κ3) is 6.11. The molecule has 2 aliphatic heterocycles. The molecule has 50 heavy (non-hydrogen) atoms. The zero-order valence-electron chi connectivity index (χ0n) is 30.4. The first kappa shape index (κ1) is 35.7. The lowest BCUT2D eigenvalue weighted by Gasteiger charge is -2.52. The van der Waals surface area contributed by atoms with E-state index >= 15 is 4.79 Å². The van der Waals surface area contributed by atoms with Crippen LogP contribution in [0.5, 0.6) is 11.5 Å². The number of benzene rings is 1. The van der Waals surface area contributed by atoms with Crippen molar-refractivity contribution in [1.82, 2.24) is 0 Å². The molecule has 266 valence electrons. The Morgan fingerprint density at radius 3 is 2.44 bits per heavy atom. The summed E-state index contributed by atoms with van der Waals surface area (Å²) in [5.41, 5.74) is 3.95. The molecule has 0 radical (unpaired) electrons. The van der Waals surface area contributed by atoms with Crippen LogP contribution in [0.1, 0.15) is 116 Å². The molecule has 1 aromatic rings. The summed E-state index contributed by atoms with van der Waals surface area (Å²) in [4.78, 5) is 43.9. The lowest BCUT2D eigenvalue weighted by atomic mass is 9.51. The summed E-state index contributed by atoms with van der Waals surface area (Å²) >= 11 is 0. The van der Waals surface area contributed by atoms with E-state index in [1.807, 2.05) is 52.8 Å². The van der Waals surface area contributed by atoms with Crippen LogP contribution in [-0.4, -0.2) is 34.0 Å². The Balaban J connectivity index is 1.46. The van der Waals surface area contributed by atoms with Crippen LogP contribution >= 0.6 is 0 Å². The van der Waals surface area contributed by atoms with E-state index in [9.17, 15) is 19.8 Å². The number of aromatic hydroxyl groups is 1. The lowest BCUT2D eigenvalue weighted by molar-refractivity contribution is -0.161. The van der Waals surface area contributed by atoms with Crippen LogP contribution in [0.4, 0.5) is 0 Å². The molecule has 2 heterocycles. The maximum Gasteiger partial charge on any atom is 0.342 e. The van der Waals surface area contributed by atoms with Crippen molar-refractivity contribution < 1.29 is 34.1 Å². The van der Waals surface area contributed by atoms with Gasteiger partial charge in [0.15, 0.2) is 5.78 Å². The molecule has 0 saturated carbocycles. The Labute approximate surface area is 296 Å². The maximum atomic E-state index is 15.2. The number of carbonyl (C=O) groups excluding carboxylic acids is 3. The Morgan fingerprint density at radius 1 is 1.00 bits per heavy atom. The highest BCUT2D eigenvalue weighted by Gasteiger charge is 2.65. The summed E-state index contributed by atoms with van der Waals surface area (Å²) in [6, 6.07) is 1.69. The number of aliphatic hydroxyl groups excluding tert-OH is 1. The van der Waals surface area contributed by atoms with Gasteiger partial charge >= 0.3 is 11.9 Å². The molecule has 5 aliphatic rings. The molecule has 0 spiro atoms. The van der Waals surface area contributed by atoms with Gasteiger partial charge in [-0.2, -0.15) is 0 Å². The van der Waals surface area contributed by atoms with Crippen LogP contribution in [0.15, 0.2) is 76.1 Å². The number of Topliss-reactive ketones (excluding diaryl/α,β-unsaturated/α-hetero) is 1. The number of unbranched alkanes of at least 4 members (excludes halogenated alkanes) is 4. The van der Waals surface area contributed by atoms with Crippen LogP contribution in [0, 0.1) is 23.2 Å². The second kappa shape index (κ2) is 14.2. The van der Waals surface area contributed by atoms with Gasteiger partial charge in [0.1, 0.15) is 34.4 Å². The van der Waals surface area contributed by atoms with Crippen molar-refractivity contribution >= 4 is 17.7 Å². The first-order valence-electron chi connectivity index (χ1n) is 18.5. The topological polar surface area (TPSA) is 110 Å². The number of allylic oxidation sites excluding steroid dienone is 7. The van der Waals surface area contributed by atoms with E-state index in [0.29, 0.717) is 54.5 Å². The SMILES string of the molecule is CCCCCCCC1=C(O)C=C(CC=C(C)C)C2OC(=O)C(C(=O)[C@]34C(=O)Oc5c(CC=C(C)C)cc(O)c6c5[C@H]3[C@@H](C=C[C@@H]4C)CC6)=CC12. The number of carbonyl (C=O) groups is 3. The van der Waals surface area contributed by atoms with Gasteiger partial charge in [-0.25, -0.2) is 4.79 Å². The number of fused-ring (bicyclic) bond motifs is 1. The average Bonchev–Trinajstić information content (AvgIpc) is 3.07. The van der Waals surface area contributed by atoms with Crippen LogP contribution in [-0.2, 0) is 32.0 Å². The number of phenolic OH excluding ortho intramolecular Hbond substituents is 1. The molecule has 0 amide bonds. The lowest BCUT2D eigenvalue weighted by Crippen LogP contribution is -2.58. The molecule has 7 heteroatoms. The largest absolute Gasteiger partial charge is 0.508 e. The van der Waals surface area contributed by atoms with Crippen molar-refractivity contribution in [3.8, 4) is 11.5 Å². The molecule has 6 rings (SSSR count). The zero-order valence-corrected chi connectivity index (χ0v) is 30.4. The first-order chi connectivity index (χ1) is 23.9. The number of hydrogen-bond donors (Lipinski definition) is 2. The summed E-state index contributed by atoms with van der Waals surface area (Å²) < 4.78 is 12.4. The Hall–Kier alpha value is -4.13. The fourth-order valence-corrected chi connectivity index (χ4v) is 8.88. The Bertz CT molecular complexity index is 1770. The highest BCUT2D eigenvalue weighted by atomic mass is 16.5. The molecule has 0 aromatic heterocycles. The zero-order chi connectivity index (χ0) is 35.9. The monoisotopic (exact) mass is 680 g/mol. The summed E-state index contributed by atoms with van der Waals surface area (Å²) in [5, 5.41) is 22.7. The van der Waals surface area contributed by atoms with Gasteiger partial charge in [0.05, 0.1) is 0 Å². The second-order valence-corrected chi connectivity index (χ2v) is 15.4. The minimum absolute atomic E-state index is 0.141. The summed E-state index contributed by atoms with van der Waals surface area (Å²) in [6.45, 7) is 12.0. The number of hydrogen-bond acceptors (Lipinski definition) is 7. The molecular weight excluding hydrogens is 628 g/mol. The molecule has 6 atom stereocenters. The van der Waals surface area contributed by atoms with Crippen LogP contribution < -0.4 is 4.74 Å². The highest BCUT2D eigenvalue weighted by molar-refractivity contribution is 6.26. The third-order valence-electron chi connectivity index (χ3n) is 11.5. The standard InChI is InChI=1S/C43H52O7/c1-7-8-9-10-11-12-30-32-23-33(41(47)49-38(32)28(21-34(30)44)16-13-24(2)3)40(46)43-26(6)15-18-27-19-20-31-35(45)22-29(17-14-25(4)5)39(50-42(43)48)36(31)37(27)43/h13-15,18,21-23,26-27,32,37-38,44-45H,7-12,16-17,19-20H2,1-6H3/t26-,27-,32?,37+,38?,43+/m0/s1. The number of ketones is 1. The van der Waals surface area contributed by atoms with E-state index in [-0.39, 0.29) is 23.0 Å². The molecule has 1 aromatic carbocycles. The van der Waals surface area contributed by atoms with Crippen molar-refractivity contribution in [3.05, 3.63) is 92.8 Å². The summed E-state index contributed by atoms with van der Waals surface area (Å²) in [7, 11) is 0. The highest BCUT2D eigenvalue weighted by Crippen LogP contribution is 2.63. The molecule has 2 N–H and O–H groups in total. The minimum Gasteiger partial charge on any atom is -0.508 e. The summed E-state index contributed by atoms with van der Waals surface area (Å²) in [6.07, 6.45) is 18.9.